The van der Waals surface area contributed by atoms with E-state index in [2.05, 4.69) is 24.0 Å². The molecule has 0 bridgehead atoms. The van der Waals surface area contributed by atoms with Crippen LogP contribution in [-0.4, -0.2) is 16.5 Å². The molecule has 0 saturated heterocycles. The maximum Gasteiger partial charge on any atom is 0.196 e. The summed E-state index contributed by atoms with van der Waals surface area (Å²) in [6, 6.07) is 6.16. The third-order valence-corrected chi connectivity index (χ3v) is 4.20. The maximum absolute atomic E-state index is 6.00. The lowest BCUT2D eigenvalue weighted by molar-refractivity contribution is 0.412. The normalized spacial score (nSPS) is 11.1. The molecule has 0 saturated carbocycles. The Hall–Kier alpha value is -2.01. The van der Waals surface area contributed by atoms with Gasteiger partial charge in [-0.1, -0.05) is 0 Å². The highest BCUT2D eigenvalue weighted by Crippen LogP contribution is 2.34. The van der Waals surface area contributed by atoms with Crippen molar-refractivity contribution in [2.45, 2.75) is 13.8 Å². The molecule has 0 fully saturated rings. The fraction of sp³-hybridized carbons (Fsp3) is 0.214. The van der Waals surface area contributed by atoms with Gasteiger partial charge in [-0.25, -0.2) is 4.98 Å². The maximum atomic E-state index is 6.00. The van der Waals surface area contributed by atoms with E-state index in [4.69, 9.17) is 10.5 Å². The highest BCUT2D eigenvalue weighted by Gasteiger charge is 2.15. The largest absolute Gasteiger partial charge is 0.496 e. The van der Waals surface area contributed by atoms with Crippen molar-refractivity contribution in [3.8, 4) is 17.0 Å². The van der Waals surface area contributed by atoms with Crippen molar-refractivity contribution in [2.24, 2.45) is 0 Å². The van der Waals surface area contributed by atoms with Crippen molar-refractivity contribution in [1.82, 2.24) is 9.38 Å². The Balaban J connectivity index is 2.26. The molecule has 0 spiro atoms. The zero-order valence-corrected chi connectivity index (χ0v) is 11.9. The van der Waals surface area contributed by atoms with E-state index in [0.29, 0.717) is 5.82 Å². The number of aromatic nitrogens is 2. The summed E-state index contributed by atoms with van der Waals surface area (Å²) in [5.74, 6) is 1.56. The summed E-state index contributed by atoms with van der Waals surface area (Å²) in [7, 11) is 1.68. The number of nitrogens with zero attached hydrogens (tertiary/aromatic N) is 2. The number of nitrogen functional groups attached to an aromatic ring is 1. The molecule has 3 rings (SSSR count). The summed E-state index contributed by atoms with van der Waals surface area (Å²) in [6.45, 7) is 4.13. The Bertz CT molecular complexity index is 757. The van der Waals surface area contributed by atoms with Crippen LogP contribution in [0.4, 0.5) is 5.82 Å². The molecule has 0 atom stereocenters. The van der Waals surface area contributed by atoms with Crippen molar-refractivity contribution in [3.05, 3.63) is 34.8 Å². The van der Waals surface area contributed by atoms with Gasteiger partial charge in [0.1, 0.15) is 11.6 Å². The van der Waals surface area contributed by atoms with Crippen LogP contribution >= 0.6 is 11.3 Å². The first-order chi connectivity index (χ1) is 9.11. The van der Waals surface area contributed by atoms with Crippen LogP contribution < -0.4 is 10.5 Å². The van der Waals surface area contributed by atoms with Crippen molar-refractivity contribution >= 4 is 22.1 Å². The van der Waals surface area contributed by atoms with E-state index in [9.17, 15) is 0 Å². The number of benzene rings is 1. The summed E-state index contributed by atoms with van der Waals surface area (Å²) in [6.07, 6.45) is 1.70. The van der Waals surface area contributed by atoms with Gasteiger partial charge in [-0.05, 0) is 37.6 Å². The van der Waals surface area contributed by atoms with Crippen molar-refractivity contribution in [2.75, 3.05) is 12.8 Å². The first kappa shape index (κ1) is 12.0. The van der Waals surface area contributed by atoms with Crippen molar-refractivity contribution < 1.29 is 4.74 Å². The molecule has 0 unspecified atom stereocenters. The van der Waals surface area contributed by atoms with E-state index in [1.807, 2.05) is 17.4 Å². The molecule has 0 radical (unpaired) electrons. The number of anilines is 1. The molecular formula is C14H15N3OS. The molecule has 3 aromatic rings. The lowest BCUT2D eigenvalue weighted by Gasteiger charge is -2.08. The summed E-state index contributed by atoms with van der Waals surface area (Å²) in [5.41, 5.74) is 9.36. The SMILES string of the molecule is COc1ccc(-c2c(C)sc3ncc(N)n23)cc1C. The van der Waals surface area contributed by atoms with Gasteiger partial charge in [0.25, 0.3) is 0 Å². The quantitative estimate of drug-likeness (QED) is 0.779. The van der Waals surface area contributed by atoms with E-state index < -0.39 is 0 Å². The Labute approximate surface area is 115 Å². The summed E-state index contributed by atoms with van der Waals surface area (Å²) >= 11 is 1.65. The second kappa shape index (κ2) is 4.28. The van der Waals surface area contributed by atoms with E-state index in [1.54, 1.807) is 24.6 Å². The van der Waals surface area contributed by atoms with Crippen molar-refractivity contribution in [3.63, 3.8) is 0 Å². The van der Waals surface area contributed by atoms with Crippen LogP contribution in [0.15, 0.2) is 24.4 Å². The number of imidazole rings is 1. The molecule has 0 aliphatic heterocycles. The number of thiazole rings is 1. The molecule has 2 heterocycles. The van der Waals surface area contributed by atoms with Gasteiger partial charge in [-0.3, -0.25) is 4.40 Å². The molecule has 0 aliphatic rings. The Kier molecular flexibility index (Phi) is 2.71. The zero-order valence-electron chi connectivity index (χ0n) is 11.1. The molecule has 4 nitrogen and oxygen atoms in total. The lowest BCUT2D eigenvalue weighted by atomic mass is 10.1. The molecule has 2 aromatic heterocycles. The number of fused-ring (bicyclic) bond motifs is 1. The standard InChI is InChI=1S/C14H15N3OS/c1-8-6-10(4-5-11(8)18-3)13-9(2)19-14-16-7-12(15)17(13)14/h4-7H,15H2,1-3H3. The molecule has 98 valence electrons. The van der Waals surface area contributed by atoms with Gasteiger partial charge in [-0.15, -0.1) is 11.3 Å². The molecule has 2 N–H and O–H groups in total. The van der Waals surface area contributed by atoms with Gasteiger partial charge in [0.05, 0.1) is 19.0 Å². The van der Waals surface area contributed by atoms with Crippen LogP contribution in [0.1, 0.15) is 10.4 Å². The average Bonchev–Trinajstić information content (AvgIpc) is 2.89. The number of nitrogens with two attached hydrogens (primary N) is 1. The number of ether oxygens (including phenoxy) is 1. The van der Waals surface area contributed by atoms with E-state index >= 15 is 0 Å². The third kappa shape index (κ3) is 1.77. The van der Waals surface area contributed by atoms with Gasteiger partial charge < -0.3 is 10.5 Å². The summed E-state index contributed by atoms with van der Waals surface area (Å²) < 4.78 is 7.30. The van der Waals surface area contributed by atoms with Crippen LogP contribution in [0.25, 0.3) is 16.2 Å². The second-order valence-electron chi connectivity index (χ2n) is 4.49. The number of hydrogen-bond donors (Lipinski definition) is 1. The van der Waals surface area contributed by atoms with Gasteiger partial charge in [0.2, 0.25) is 0 Å². The average molecular weight is 273 g/mol. The van der Waals surface area contributed by atoms with E-state index in [1.165, 1.54) is 4.88 Å². The smallest absolute Gasteiger partial charge is 0.196 e. The minimum Gasteiger partial charge on any atom is -0.496 e. The fourth-order valence-electron chi connectivity index (χ4n) is 2.34. The minimum atomic E-state index is 0.669. The monoisotopic (exact) mass is 273 g/mol. The van der Waals surface area contributed by atoms with E-state index in [-0.39, 0.29) is 0 Å². The predicted molar refractivity (Wildman–Crippen MR) is 78.9 cm³/mol. The van der Waals surface area contributed by atoms with Crippen LogP contribution in [0.3, 0.4) is 0 Å². The molecule has 0 aliphatic carbocycles. The summed E-state index contributed by atoms with van der Waals surface area (Å²) in [5, 5.41) is 0. The molecule has 0 amide bonds. The second-order valence-corrected chi connectivity index (χ2v) is 5.67. The highest BCUT2D eigenvalue weighted by molar-refractivity contribution is 7.17. The van der Waals surface area contributed by atoms with E-state index in [0.717, 1.165) is 27.5 Å². The Morgan fingerprint density at radius 3 is 2.79 bits per heavy atom. The van der Waals surface area contributed by atoms with Gasteiger partial charge in [0.15, 0.2) is 4.96 Å². The molecular weight excluding hydrogens is 258 g/mol. The third-order valence-electron chi connectivity index (χ3n) is 3.23. The first-order valence-electron chi connectivity index (χ1n) is 5.99. The topological polar surface area (TPSA) is 52.5 Å². The van der Waals surface area contributed by atoms with Crippen molar-refractivity contribution in [1.29, 1.82) is 0 Å². The zero-order chi connectivity index (χ0) is 13.6. The molecule has 19 heavy (non-hydrogen) atoms. The summed E-state index contributed by atoms with van der Waals surface area (Å²) in [4.78, 5) is 6.45. The molecule has 5 heteroatoms. The first-order valence-corrected chi connectivity index (χ1v) is 6.81. The minimum absolute atomic E-state index is 0.669. The lowest BCUT2D eigenvalue weighted by Crippen LogP contribution is -1.95. The fourth-order valence-corrected chi connectivity index (χ4v) is 3.32. The van der Waals surface area contributed by atoms with Gasteiger partial charge >= 0.3 is 0 Å². The van der Waals surface area contributed by atoms with Crippen LogP contribution in [-0.2, 0) is 0 Å². The van der Waals surface area contributed by atoms with Crippen LogP contribution in [0, 0.1) is 13.8 Å². The highest BCUT2D eigenvalue weighted by atomic mass is 32.1. The van der Waals surface area contributed by atoms with Gasteiger partial charge in [-0.2, -0.15) is 0 Å². The predicted octanol–water partition coefficient (Wildman–Crippen LogP) is 3.27. The number of methoxy groups -OCH3 is 1. The van der Waals surface area contributed by atoms with Crippen LogP contribution in [0.5, 0.6) is 5.75 Å². The van der Waals surface area contributed by atoms with Gasteiger partial charge in [0, 0.05) is 10.4 Å². The molecule has 1 aromatic carbocycles. The number of aryl methyl sites for hydroxylation is 2. The number of hydrogen-bond acceptors (Lipinski definition) is 4. The Morgan fingerprint density at radius 1 is 1.32 bits per heavy atom. The Morgan fingerprint density at radius 2 is 2.11 bits per heavy atom. The number of rotatable bonds is 2. The van der Waals surface area contributed by atoms with Crippen LogP contribution in [0.2, 0.25) is 0 Å².